The number of halogens is 3. The molecule has 1 aromatic carbocycles. The van der Waals surface area contributed by atoms with Crippen LogP contribution in [-0.4, -0.2) is 18.6 Å². The van der Waals surface area contributed by atoms with Crippen LogP contribution in [0.25, 0.3) is 0 Å². The van der Waals surface area contributed by atoms with E-state index in [1.165, 1.54) is 6.07 Å². The van der Waals surface area contributed by atoms with Gasteiger partial charge in [-0.25, -0.2) is 0 Å². The Morgan fingerprint density at radius 2 is 2.05 bits per heavy atom. The number of carbonyl (C=O) groups is 1. The van der Waals surface area contributed by atoms with Crippen molar-refractivity contribution in [1.82, 2.24) is 5.32 Å². The maximum atomic E-state index is 12.9. The van der Waals surface area contributed by atoms with E-state index in [1.54, 1.807) is 0 Å². The Morgan fingerprint density at radius 1 is 1.30 bits per heavy atom. The fraction of sp³-hybridized carbons (Fsp3) is 0.462. The van der Waals surface area contributed by atoms with Crippen LogP contribution < -0.4 is 15.8 Å². The minimum absolute atomic E-state index is 0.00464. The predicted octanol–water partition coefficient (Wildman–Crippen LogP) is 2.34. The maximum absolute atomic E-state index is 12.9. The van der Waals surface area contributed by atoms with Gasteiger partial charge in [0.2, 0.25) is 0 Å². The van der Waals surface area contributed by atoms with Crippen LogP contribution in [0.15, 0.2) is 18.2 Å². The molecule has 2 rings (SSSR count). The van der Waals surface area contributed by atoms with Gasteiger partial charge >= 0.3 is 6.18 Å². The summed E-state index contributed by atoms with van der Waals surface area (Å²) in [6.07, 6.45) is -3.57. The fourth-order valence-corrected chi connectivity index (χ4v) is 2.05. The number of benzene rings is 1. The third-order valence-corrected chi connectivity index (χ3v) is 3.06. The van der Waals surface area contributed by atoms with Gasteiger partial charge in [-0.2, -0.15) is 13.2 Å². The van der Waals surface area contributed by atoms with E-state index in [4.69, 9.17) is 10.5 Å². The molecule has 0 aliphatic carbocycles. The van der Waals surface area contributed by atoms with E-state index >= 15 is 0 Å². The Balaban J connectivity index is 2.26. The molecule has 4 nitrogen and oxygen atoms in total. The van der Waals surface area contributed by atoms with Crippen molar-refractivity contribution in [3.63, 3.8) is 0 Å². The van der Waals surface area contributed by atoms with Crippen LogP contribution in [0.1, 0.15) is 24.8 Å². The summed E-state index contributed by atoms with van der Waals surface area (Å²) in [5.74, 6) is -0.749. The van der Waals surface area contributed by atoms with E-state index in [0.29, 0.717) is 13.0 Å². The van der Waals surface area contributed by atoms with Crippen LogP contribution in [0.3, 0.4) is 0 Å². The molecule has 110 valence electrons. The first-order chi connectivity index (χ1) is 9.38. The van der Waals surface area contributed by atoms with E-state index in [2.05, 4.69) is 5.32 Å². The van der Waals surface area contributed by atoms with E-state index in [0.717, 1.165) is 25.0 Å². The summed E-state index contributed by atoms with van der Waals surface area (Å²) >= 11 is 0. The Morgan fingerprint density at radius 3 is 2.75 bits per heavy atom. The van der Waals surface area contributed by atoms with Gasteiger partial charge in [0.15, 0.2) is 6.10 Å². The van der Waals surface area contributed by atoms with Crippen molar-refractivity contribution in [2.24, 2.45) is 0 Å². The lowest BCUT2D eigenvalue weighted by molar-refractivity contribution is -0.140. The van der Waals surface area contributed by atoms with Gasteiger partial charge in [0.05, 0.1) is 5.56 Å². The standard InChI is InChI=1S/C13H15F3N2O2/c14-13(15,16)9-7-8(17)4-5-10(9)20-11-3-1-2-6-18-12(11)19/h4-5,7,11H,1-3,6,17H2,(H,18,19). The number of hydrogen-bond acceptors (Lipinski definition) is 3. The highest BCUT2D eigenvalue weighted by Crippen LogP contribution is 2.38. The topological polar surface area (TPSA) is 64.3 Å². The predicted molar refractivity (Wildman–Crippen MR) is 67.1 cm³/mol. The van der Waals surface area contributed by atoms with Gasteiger partial charge in [-0.3, -0.25) is 4.79 Å². The smallest absolute Gasteiger partial charge is 0.420 e. The van der Waals surface area contributed by atoms with Crippen molar-refractivity contribution in [3.8, 4) is 5.75 Å². The molecule has 0 spiro atoms. The van der Waals surface area contributed by atoms with Gasteiger partial charge < -0.3 is 15.8 Å². The number of alkyl halides is 3. The summed E-state index contributed by atoms with van der Waals surface area (Å²) < 4.78 is 44.0. The molecule has 1 aliphatic heterocycles. The summed E-state index contributed by atoms with van der Waals surface area (Å²) in [6, 6.07) is 3.28. The van der Waals surface area contributed by atoms with E-state index in [9.17, 15) is 18.0 Å². The van der Waals surface area contributed by atoms with Gasteiger partial charge in [0.25, 0.3) is 5.91 Å². The molecule has 1 atom stereocenters. The van der Waals surface area contributed by atoms with Crippen molar-refractivity contribution in [2.45, 2.75) is 31.5 Å². The molecule has 0 aromatic heterocycles. The lowest BCUT2D eigenvalue weighted by Crippen LogP contribution is -2.36. The molecule has 7 heteroatoms. The highest BCUT2D eigenvalue weighted by molar-refractivity contribution is 5.81. The molecule has 1 saturated heterocycles. The van der Waals surface area contributed by atoms with Crippen molar-refractivity contribution >= 4 is 11.6 Å². The second kappa shape index (κ2) is 5.60. The molecule has 1 aromatic rings. The first-order valence-electron chi connectivity index (χ1n) is 6.29. The Kier molecular flexibility index (Phi) is 4.06. The molecule has 0 saturated carbocycles. The SMILES string of the molecule is Nc1ccc(OC2CCCCNC2=O)c(C(F)(F)F)c1. The minimum atomic E-state index is -4.58. The number of amides is 1. The zero-order chi connectivity index (χ0) is 14.8. The first kappa shape index (κ1) is 14.5. The number of anilines is 1. The van der Waals surface area contributed by atoms with E-state index in [-0.39, 0.29) is 17.3 Å². The third kappa shape index (κ3) is 3.34. The Bertz CT molecular complexity index is 503. The molecule has 0 bridgehead atoms. The van der Waals surface area contributed by atoms with Gasteiger partial charge in [0.1, 0.15) is 5.75 Å². The number of ether oxygens (including phenoxy) is 1. The van der Waals surface area contributed by atoms with Crippen LogP contribution in [0.4, 0.5) is 18.9 Å². The van der Waals surface area contributed by atoms with Crippen LogP contribution in [0.2, 0.25) is 0 Å². The normalized spacial score (nSPS) is 20.1. The summed E-state index contributed by atoms with van der Waals surface area (Å²) in [5.41, 5.74) is 4.41. The van der Waals surface area contributed by atoms with E-state index < -0.39 is 17.8 Å². The number of rotatable bonds is 2. The second-order valence-corrected chi connectivity index (χ2v) is 4.65. The molecular formula is C13H15F3N2O2. The van der Waals surface area contributed by atoms with Crippen LogP contribution in [0, 0.1) is 0 Å². The van der Waals surface area contributed by atoms with Gasteiger partial charge in [-0.05, 0) is 37.5 Å². The van der Waals surface area contributed by atoms with Gasteiger partial charge in [0, 0.05) is 12.2 Å². The molecule has 1 fully saturated rings. The van der Waals surface area contributed by atoms with Crippen LogP contribution >= 0.6 is 0 Å². The molecule has 1 amide bonds. The Hall–Kier alpha value is -1.92. The lowest BCUT2D eigenvalue weighted by Gasteiger charge is -2.19. The molecule has 1 aliphatic rings. The summed E-state index contributed by atoms with van der Waals surface area (Å²) in [4.78, 5) is 11.7. The fourth-order valence-electron chi connectivity index (χ4n) is 2.05. The van der Waals surface area contributed by atoms with Crippen molar-refractivity contribution in [3.05, 3.63) is 23.8 Å². The largest absolute Gasteiger partial charge is 0.480 e. The maximum Gasteiger partial charge on any atom is 0.420 e. The minimum Gasteiger partial charge on any atom is -0.480 e. The number of carbonyl (C=O) groups excluding carboxylic acids is 1. The number of hydrogen-bond donors (Lipinski definition) is 2. The van der Waals surface area contributed by atoms with Crippen molar-refractivity contribution in [1.29, 1.82) is 0 Å². The van der Waals surface area contributed by atoms with Gasteiger partial charge in [-0.1, -0.05) is 0 Å². The average molecular weight is 288 g/mol. The van der Waals surface area contributed by atoms with E-state index in [1.807, 2.05) is 0 Å². The highest BCUT2D eigenvalue weighted by Gasteiger charge is 2.36. The molecular weight excluding hydrogens is 273 g/mol. The van der Waals surface area contributed by atoms with Gasteiger partial charge in [-0.15, -0.1) is 0 Å². The summed E-state index contributed by atoms with van der Waals surface area (Å²) in [5, 5.41) is 2.61. The Labute approximate surface area is 114 Å². The average Bonchev–Trinajstić information content (AvgIpc) is 2.56. The first-order valence-corrected chi connectivity index (χ1v) is 6.29. The number of nitrogens with one attached hydrogen (secondary N) is 1. The van der Waals surface area contributed by atoms with Crippen LogP contribution in [0.5, 0.6) is 5.75 Å². The van der Waals surface area contributed by atoms with Crippen molar-refractivity contribution < 1.29 is 22.7 Å². The summed E-state index contributed by atoms with van der Waals surface area (Å²) in [7, 11) is 0. The lowest BCUT2D eigenvalue weighted by atomic mass is 10.1. The summed E-state index contributed by atoms with van der Waals surface area (Å²) in [6.45, 7) is 0.520. The third-order valence-electron chi connectivity index (χ3n) is 3.06. The quantitative estimate of drug-likeness (QED) is 0.821. The molecule has 3 N–H and O–H groups in total. The molecule has 20 heavy (non-hydrogen) atoms. The molecule has 1 heterocycles. The van der Waals surface area contributed by atoms with Crippen LogP contribution in [-0.2, 0) is 11.0 Å². The number of nitrogens with two attached hydrogens (primary N) is 1. The zero-order valence-corrected chi connectivity index (χ0v) is 10.7. The zero-order valence-electron chi connectivity index (χ0n) is 10.7. The molecule has 0 radical (unpaired) electrons. The second-order valence-electron chi connectivity index (χ2n) is 4.65. The monoisotopic (exact) mass is 288 g/mol. The van der Waals surface area contributed by atoms with Crippen molar-refractivity contribution in [2.75, 3.05) is 12.3 Å². The number of nitrogen functional groups attached to an aromatic ring is 1. The highest BCUT2D eigenvalue weighted by atomic mass is 19.4. The molecule has 1 unspecified atom stereocenters.